The molecule has 6 nitrogen and oxygen atoms in total. The molecule has 0 aliphatic rings. The minimum atomic E-state index is -1.06. The van der Waals surface area contributed by atoms with Crippen LogP contribution in [0.25, 0.3) is 0 Å². The number of carbonyl (C=O) groups excluding carboxylic acids is 1. The molecule has 0 rings (SSSR count). The van der Waals surface area contributed by atoms with Crippen LogP contribution in [-0.2, 0) is 4.79 Å². The summed E-state index contributed by atoms with van der Waals surface area (Å²) in [4.78, 5) is 24.7. The summed E-state index contributed by atoms with van der Waals surface area (Å²) in [6, 6.07) is 0.635. The van der Waals surface area contributed by atoms with Gasteiger partial charge < -0.3 is 15.3 Å². The Morgan fingerprint density at radius 1 is 1.42 bits per heavy atom. The van der Waals surface area contributed by atoms with Crippen molar-refractivity contribution in [1.82, 2.24) is 10.2 Å². The molecule has 0 aromatic rings. The molecule has 0 radical (unpaired) electrons. The van der Waals surface area contributed by atoms with Gasteiger partial charge >= 0.3 is 12.0 Å². The maximum Gasteiger partial charge on any atom is 0.326 e. The second-order valence-electron chi connectivity index (χ2n) is 5.66. The Hall–Kier alpha value is -1.77. The number of urea groups is 1. The van der Waals surface area contributed by atoms with Gasteiger partial charge in [0.25, 0.3) is 0 Å². The Morgan fingerprint density at radius 2 is 1.95 bits per heavy atom. The summed E-state index contributed by atoms with van der Waals surface area (Å²) < 4.78 is 0. The van der Waals surface area contributed by atoms with Gasteiger partial charge in [0.15, 0.2) is 0 Å². The highest BCUT2D eigenvalue weighted by molar-refractivity contribution is 5.83. The van der Waals surface area contributed by atoms with Gasteiger partial charge in [-0.25, -0.2) is 9.59 Å². The predicted octanol–water partition coefficient (Wildman–Crippen LogP) is 1.68. The van der Waals surface area contributed by atoms with E-state index >= 15 is 0 Å². The molecule has 0 spiro atoms. The number of amides is 2. The molecule has 0 aromatic carbocycles. The molecule has 6 heteroatoms. The van der Waals surface area contributed by atoms with Gasteiger partial charge in [-0.2, -0.15) is 5.26 Å². The molecule has 0 aliphatic carbocycles. The first-order valence-electron chi connectivity index (χ1n) is 6.31. The van der Waals surface area contributed by atoms with Crippen molar-refractivity contribution in [3.63, 3.8) is 0 Å². The van der Waals surface area contributed by atoms with Crippen LogP contribution in [-0.4, -0.2) is 41.1 Å². The van der Waals surface area contributed by atoms with Crippen molar-refractivity contribution in [2.75, 3.05) is 13.1 Å². The van der Waals surface area contributed by atoms with E-state index in [1.807, 2.05) is 0 Å². The summed E-state index contributed by atoms with van der Waals surface area (Å²) in [6.07, 6.45) is 0. The van der Waals surface area contributed by atoms with Crippen LogP contribution in [0.3, 0.4) is 0 Å². The van der Waals surface area contributed by atoms with Gasteiger partial charge in [-0.3, -0.25) is 0 Å². The summed E-state index contributed by atoms with van der Waals surface area (Å²) >= 11 is 0. The fourth-order valence-corrected chi connectivity index (χ4v) is 1.59. The van der Waals surface area contributed by atoms with Gasteiger partial charge in [0.1, 0.15) is 6.04 Å². The Bertz CT molecular complexity index is 368. The van der Waals surface area contributed by atoms with Gasteiger partial charge in [0, 0.05) is 13.1 Å². The number of aliphatic carboxylic acids is 1. The van der Waals surface area contributed by atoms with E-state index < -0.39 is 23.5 Å². The lowest BCUT2D eigenvalue weighted by Crippen LogP contribution is -2.53. The molecule has 108 valence electrons. The second-order valence-corrected chi connectivity index (χ2v) is 5.66. The summed E-state index contributed by atoms with van der Waals surface area (Å²) in [7, 11) is 0. The summed E-state index contributed by atoms with van der Waals surface area (Å²) in [5.74, 6) is -1.35. The molecule has 2 atom stereocenters. The topological polar surface area (TPSA) is 93.4 Å². The van der Waals surface area contributed by atoms with Crippen LogP contribution in [0.5, 0.6) is 0 Å². The third-order valence-corrected chi connectivity index (χ3v) is 2.76. The van der Waals surface area contributed by atoms with Crippen LogP contribution in [0.1, 0.15) is 34.6 Å². The first kappa shape index (κ1) is 17.2. The lowest BCUT2D eigenvalue weighted by molar-refractivity contribution is -0.142. The van der Waals surface area contributed by atoms with Gasteiger partial charge in [0.2, 0.25) is 0 Å². The number of hydrogen-bond donors (Lipinski definition) is 2. The Labute approximate surface area is 114 Å². The molecule has 2 amide bonds. The Kier molecular flexibility index (Phi) is 6.33. The number of rotatable bonds is 5. The van der Waals surface area contributed by atoms with Gasteiger partial charge in [-0.15, -0.1) is 0 Å². The van der Waals surface area contributed by atoms with Crippen LogP contribution < -0.4 is 5.32 Å². The number of carbonyl (C=O) groups is 2. The first-order chi connectivity index (χ1) is 8.63. The zero-order valence-corrected chi connectivity index (χ0v) is 12.2. The summed E-state index contributed by atoms with van der Waals surface area (Å²) in [5, 5.41) is 20.4. The van der Waals surface area contributed by atoms with E-state index in [0.29, 0.717) is 6.54 Å². The zero-order chi connectivity index (χ0) is 15.2. The van der Waals surface area contributed by atoms with E-state index in [-0.39, 0.29) is 12.5 Å². The summed E-state index contributed by atoms with van der Waals surface area (Å²) in [6.45, 7) is 9.47. The SMILES string of the molecule is CCN(CC(C)C#N)C(=O)N[C@@H](C(=O)O)C(C)(C)C. The van der Waals surface area contributed by atoms with E-state index in [9.17, 15) is 9.59 Å². The molecule has 19 heavy (non-hydrogen) atoms. The third kappa shape index (κ3) is 5.60. The minimum Gasteiger partial charge on any atom is -0.480 e. The van der Waals surface area contributed by atoms with Crippen LogP contribution in [0.15, 0.2) is 0 Å². The monoisotopic (exact) mass is 269 g/mol. The molecular weight excluding hydrogens is 246 g/mol. The van der Waals surface area contributed by atoms with Crippen molar-refractivity contribution in [2.24, 2.45) is 11.3 Å². The zero-order valence-electron chi connectivity index (χ0n) is 12.2. The van der Waals surface area contributed by atoms with Crippen molar-refractivity contribution in [3.8, 4) is 6.07 Å². The predicted molar refractivity (Wildman–Crippen MR) is 71.4 cm³/mol. The van der Waals surface area contributed by atoms with Crippen molar-refractivity contribution < 1.29 is 14.7 Å². The average molecular weight is 269 g/mol. The fraction of sp³-hybridized carbons (Fsp3) is 0.769. The highest BCUT2D eigenvalue weighted by Crippen LogP contribution is 2.19. The molecular formula is C13H23N3O3. The van der Waals surface area contributed by atoms with E-state index in [4.69, 9.17) is 10.4 Å². The number of nitrogens with zero attached hydrogens (tertiary/aromatic N) is 2. The van der Waals surface area contributed by atoms with Crippen LogP contribution in [0, 0.1) is 22.7 Å². The fourth-order valence-electron chi connectivity index (χ4n) is 1.59. The standard InChI is InChI=1S/C13H23N3O3/c1-6-16(8-9(2)7-14)12(19)15-10(11(17)18)13(3,4)5/h9-10H,6,8H2,1-5H3,(H,15,19)(H,17,18)/t9?,10-/m0/s1. The smallest absolute Gasteiger partial charge is 0.326 e. The van der Waals surface area contributed by atoms with Crippen molar-refractivity contribution in [2.45, 2.75) is 40.7 Å². The molecule has 0 fully saturated rings. The van der Waals surface area contributed by atoms with Crippen molar-refractivity contribution in [1.29, 1.82) is 5.26 Å². The average Bonchev–Trinajstić information content (AvgIpc) is 2.30. The lowest BCUT2D eigenvalue weighted by atomic mass is 9.87. The molecule has 0 aliphatic heterocycles. The van der Waals surface area contributed by atoms with E-state index in [1.54, 1.807) is 34.6 Å². The maximum absolute atomic E-state index is 12.0. The van der Waals surface area contributed by atoms with E-state index in [0.717, 1.165) is 0 Å². The van der Waals surface area contributed by atoms with Crippen molar-refractivity contribution in [3.05, 3.63) is 0 Å². The molecule has 0 saturated carbocycles. The van der Waals surface area contributed by atoms with Crippen LogP contribution >= 0.6 is 0 Å². The maximum atomic E-state index is 12.0. The highest BCUT2D eigenvalue weighted by atomic mass is 16.4. The largest absolute Gasteiger partial charge is 0.480 e. The normalized spacial score (nSPS) is 14.1. The Morgan fingerprint density at radius 3 is 2.26 bits per heavy atom. The number of nitrogens with one attached hydrogen (secondary N) is 1. The van der Waals surface area contributed by atoms with Gasteiger partial charge in [-0.05, 0) is 19.3 Å². The first-order valence-corrected chi connectivity index (χ1v) is 6.31. The van der Waals surface area contributed by atoms with Gasteiger partial charge in [0.05, 0.1) is 12.0 Å². The third-order valence-electron chi connectivity index (χ3n) is 2.76. The quantitative estimate of drug-likeness (QED) is 0.794. The summed E-state index contributed by atoms with van der Waals surface area (Å²) in [5.41, 5.74) is -0.582. The number of hydrogen-bond acceptors (Lipinski definition) is 3. The number of carboxylic acids is 1. The number of nitriles is 1. The molecule has 1 unspecified atom stereocenters. The van der Waals surface area contributed by atoms with Crippen LogP contribution in [0.4, 0.5) is 4.79 Å². The van der Waals surface area contributed by atoms with Crippen molar-refractivity contribution >= 4 is 12.0 Å². The molecule has 0 aromatic heterocycles. The van der Waals surface area contributed by atoms with E-state index in [2.05, 4.69) is 11.4 Å². The lowest BCUT2D eigenvalue weighted by Gasteiger charge is -2.31. The van der Waals surface area contributed by atoms with Crippen LogP contribution in [0.2, 0.25) is 0 Å². The van der Waals surface area contributed by atoms with E-state index in [1.165, 1.54) is 4.90 Å². The Balaban J connectivity index is 4.80. The minimum absolute atomic E-state index is 0.287. The van der Waals surface area contributed by atoms with Gasteiger partial charge in [-0.1, -0.05) is 20.8 Å². The second kappa shape index (κ2) is 6.98. The molecule has 0 bridgehead atoms. The molecule has 0 heterocycles. The molecule has 0 saturated heterocycles. The molecule has 2 N–H and O–H groups in total. The highest BCUT2D eigenvalue weighted by Gasteiger charge is 2.33. The number of carboxylic acid groups (broad SMARTS) is 1.